The molecule has 0 saturated carbocycles. The Hall–Kier alpha value is -3.38. The highest BCUT2D eigenvalue weighted by Gasteiger charge is 2.17. The molecule has 0 atom stereocenters. The summed E-state index contributed by atoms with van der Waals surface area (Å²) in [5.41, 5.74) is 3.42. The lowest BCUT2D eigenvalue weighted by molar-refractivity contribution is 0.132. The molecule has 0 radical (unpaired) electrons. The predicted octanol–water partition coefficient (Wildman–Crippen LogP) is 5.93. The highest BCUT2D eigenvalue weighted by molar-refractivity contribution is 7.99. The molecule has 4 nitrogen and oxygen atoms in total. The molecule has 0 N–H and O–H groups in total. The zero-order valence-corrected chi connectivity index (χ0v) is 17.2. The summed E-state index contributed by atoms with van der Waals surface area (Å²) < 4.78 is 15.2. The van der Waals surface area contributed by atoms with Crippen LogP contribution in [-0.4, -0.2) is 16.0 Å². The summed E-state index contributed by atoms with van der Waals surface area (Å²) in [5, 5.41) is 9.84. The van der Waals surface area contributed by atoms with Crippen LogP contribution in [0, 0.1) is 5.82 Å². The van der Waals surface area contributed by atoms with E-state index in [0.29, 0.717) is 0 Å². The summed E-state index contributed by atoms with van der Waals surface area (Å²) in [5.74, 6) is -0.291. The van der Waals surface area contributed by atoms with Crippen molar-refractivity contribution in [2.45, 2.75) is 16.5 Å². The summed E-state index contributed by atoms with van der Waals surface area (Å²) in [6, 6.07) is 26.4. The summed E-state index contributed by atoms with van der Waals surface area (Å²) in [6.45, 7) is 0.191. The topological polar surface area (TPSA) is 39.4 Å². The van der Waals surface area contributed by atoms with Crippen molar-refractivity contribution in [3.05, 3.63) is 102 Å². The first-order valence-corrected chi connectivity index (χ1v) is 10.3. The van der Waals surface area contributed by atoms with Gasteiger partial charge in [0, 0.05) is 17.5 Å². The van der Waals surface area contributed by atoms with E-state index in [1.165, 1.54) is 12.1 Å². The van der Waals surface area contributed by atoms with Gasteiger partial charge in [-0.3, -0.25) is 4.68 Å². The second kappa shape index (κ2) is 9.41. The van der Waals surface area contributed by atoms with Crippen molar-refractivity contribution in [1.29, 1.82) is 0 Å². The molecule has 0 aliphatic carbocycles. The van der Waals surface area contributed by atoms with Crippen molar-refractivity contribution in [2.75, 3.05) is 0 Å². The molecule has 0 aliphatic rings. The lowest BCUT2D eigenvalue weighted by atomic mass is 10.1. The molecule has 0 saturated heterocycles. The number of aryl methyl sites for hydroxylation is 1. The van der Waals surface area contributed by atoms with Crippen molar-refractivity contribution >= 4 is 18.0 Å². The fraction of sp³-hybridized carbons (Fsp3) is 0.0833. The molecule has 4 aromatic rings. The van der Waals surface area contributed by atoms with Gasteiger partial charge in [0.2, 0.25) is 0 Å². The molecule has 0 fully saturated rings. The summed E-state index contributed by atoms with van der Waals surface area (Å²) in [4.78, 5) is 6.55. The lowest BCUT2D eigenvalue weighted by Gasteiger charge is -2.04. The average molecular weight is 418 g/mol. The van der Waals surface area contributed by atoms with Crippen molar-refractivity contribution in [3.8, 4) is 11.3 Å². The zero-order chi connectivity index (χ0) is 20.8. The first-order chi connectivity index (χ1) is 14.7. The lowest BCUT2D eigenvalue weighted by Crippen LogP contribution is -1.94. The van der Waals surface area contributed by atoms with Crippen LogP contribution in [0.2, 0.25) is 0 Å². The molecule has 0 amide bonds. The van der Waals surface area contributed by atoms with Crippen LogP contribution in [0.1, 0.15) is 11.1 Å². The molecule has 0 bridgehead atoms. The second-order valence-electron chi connectivity index (χ2n) is 6.61. The van der Waals surface area contributed by atoms with Crippen LogP contribution in [0.5, 0.6) is 0 Å². The van der Waals surface area contributed by atoms with Gasteiger partial charge >= 0.3 is 0 Å². The number of nitrogens with zero attached hydrogens (tertiary/aromatic N) is 3. The molecule has 6 heteroatoms. The van der Waals surface area contributed by atoms with E-state index in [-0.39, 0.29) is 12.4 Å². The SMILES string of the molecule is Cn1nc(-c2ccccc2)c(/C=N/OCc2cccc(F)c2)c1Sc1ccccc1. The molecular formula is C24H20FN3OS. The fourth-order valence-corrected chi connectivity index (χ4v) is 3.95. The quantitative estimate of drug-likeness (QED) is 0.276. The van der Waals surface area contributed by atoms with Crippen molar-refractivity contribution in [2.24, 2.45) is 12.2 Å². The van der Waals surface area contributed by atoms with Crippen LogP contribution >= 0.6 is 11.8 Å². The third-order valence-electron chi connectivity index (χ3n) is 4.41. The van der Waals surface area contributed by atoms with E-state index in [9.17, 15) is 4.39 Å². The largest absolute Gasteiger partial charge is 0.391 e. The smallest absolute Gasteiger partial charge is 0.142 e. The van der Waals surface area contributed by atoms with Gasteiger partial charge in [0.15, 0.2) is 0 Å². The summed E-state index contributed by atoms with van der Waals surface area (Å²) in [6.07, 6.45) is 1.68. The van der Waals surface area contributed by atoms with Crippen molar-refractivity contribution < 1.29 is 9.23 Å². The van der Waals surface area contributed by atoms with E-state index in [1.54, 1.807) is 30.1 Å². The Morgan fingerprint density at radius 1 is 1.00 bits per heavy atom. The van der Waals surface area contributed by atoms with Gasteiger partial charge in [0.25, 0.3) is 0 Å². The number of rotatable bonds is 7. The van der Waals surface area contributed by atoms with Gasteiger partial charge < -0.3 is 4.84 Å². The Bertz CT molecular complexity index is 1140. The molecule has 1 aromatic heterocycles. The van der Waals surface area contributed by atoms with Gasteiger partial charge in [-0.15, -0.1) is 0 Å². The average Bonchev–Trinajstić information content (AvgIpc) is 3.08. The third kappa shape index (κ3) is 4.78. The first kappa shape index (κ1) is 19.9. The second-order valence-corrected chi connectivity index (χ2v) is 7.67. The standard InChI is InChI=1S/C24H20FN3OS/c1-28-24(30-21-13-6-3-7-14-21)22(23(27-28)19-10-4-2-5-11-19)16-26-29-17-18-9-8-12-20(25)15-18/h2-16H,17H2,1H3/b26-16+. The van der Waals surface area contributed by atoms with E-state index in [2.05, 4.69) is 17.3 Å². The monoisotopic (exact) mass is 417 g/mol. The van der Waals surface area contributed by atoms with Gasteiger partial charge in [-0.1, -0.05) is 77.6 Å². The van der Waals surface area contributed by atoms with Gasteiger partial charge in [-0.25, -0.2) is 4.39 Å². The van der Waals surface area contributed by atoms with Crippen LogP contribution in [-0.2, 0) is 18.5 Å². The van der Waals surface area contributed by atoms with Gasteiger partial charge in [0.05, 0.1) is 11.8 Å². The molecule has 4 rings (SSSR count). The Labute approximate surface area is 179 Å². The maximum Gasteiger partial charge on any atom is 0.142 e. The minimum absolute atomic E-state index is 0.191. The maximum absolute atomic E-state index is 13.3. The molecule has 3 aromatic carbocycles. The third-order valence-corrected chi connectivity index (χ3v) is 5.60. The minimum Gasteiger partial charge on any atom is -0.391 e. The minimum atomic E-state index is -0.291. The fourth-order valence-electron chi connectivity index (χ4n) is 3.00. The maximum atomic E-state index is 13.3. The number of hydrogen-bond donors (Lipinski definition) is 0. The molecule has 0 aliphatic heterocycles. The number of halogens is 1. The van der Waals surface area contributed by atoms with Crippen molar-refractivity contribution in [1.82, 2.24) is 9.78 Å². The van der Waals surface area contributed by atoms with E-state index >= 15 is 0 Å². The zero-order valence-electron chi connectivity index (χ0n) is 16.4. The number of benzene rings is 3. The highest BCUT2D eigenvalue weighted by Crippen LogP contribution is 2.34. The van der Waals surface area contributed by atoms with Gasteiger partial charge in [-0.05, 0) is 29.8 Å². The van der Waals surface area contributed by atoms with E-state index in [4.69, 9.17) is 9.94 Å². The molecule has 0 spiro atoms. The highest BCUT2D eigenvalue weighted by atomic mass is 32.2. The number of oxime groups is 1. The molecule has 150 valence electrons. The number of hydrogen-bond acceptors (Lipinski definition) is 4. The Kier molecular flexibility index (Phi) is 6.25. The normalized spacial score (nSPS) is 11.1. The predicted molar refractivity (Wildman–Crippen MR) is 118 cm³/mol. The van der Waals surface area contributed by atoms with Crippen LogP contribution in [0.15, 0.2) is 100 Å². The summed E-state index contributed by atoms with van der Waals surface area (Å²) in [7, 11) is 1.92. The molecule has 0 unspecified atom stereocenters. The van der Waals surface area contributed by atoms with Crippen LogP contribution < -0.4 is 0 Å². The van der Waals surface area contributed by atoms with Crippen LogP contribution in [0.4, 0.5) is 4.39 Å². The van der Waals surface area contributed by atoms with E-state index in [0.717, 1.165) is 32.3 Å². The van der Waals surface area contributed by atoms with Gasteiger partial charge in [0.1, 0.15) is 23.1 Å². The Balaban J connectivity index is 1.63. The van der Waals surface area contributed by atoms with Crippen molar-refractivity contribution in [3.63, 3.8) is 0 Å². The number of aromatic nitrogens is 2. The van der Waals surface area contributed by atoms with E-state index < -0.39 is 0 Å². The Morgan fingerprint density at radius 2 is 1.73 bits per heavy atom. The first-order valence-electron chi connectivity index (χ1n) is 9.46. The summed E-state index contributed by atoms with van der Waals surface area (Å²) >= 11 is 1.62. The molecule has 1 heterocycles. The van der Waals surface area contributed by atoms with Crippen LogP contribution in [0.3, 0.4) is 0 Å². The Morgan fingerprint density at radius 3 is 2.47 bits per heavy atom. The van der Waals surface area contributed by atoms with Crippen LogP contribution in [0.25, 0.3) is 11.3 Å². The molecular weight excluding hydrogens is 397 g/mol. The molecule has 30 heavy (non-hydrogen) atoms. The van der Waals surface area contributed by atoms with Gasteiger partial charge in [-0.2, -0.15) is 5.10 Å². The van der Waals surface area contributed by atoms with E-state index in [1.807, 2.05) is 60.3 Å².